The van der Waals surface area contributed by atoms with E-state index in [1.807, 2.05) is 0 Å². The predicted molar refractivity (Wildman–Crippen MR) is 74.8 cm³/mol. The third-order valence-electron chi connectivity index (χ3n) is 2.60. The molecule has 0 spiro atoms. The van der Waals surface area contributed by atoms with Crippen LogP contribution in [0.5, 0.6) is 5.75 Å². The van der Waals surface area contributed by atoms with Gasteiger partial charge >= 0.3 is 0 Å². The molecule has 0 aliphatic heterocycles. The van der Waals surface area contributed by atoms with Crippen LogP contribution in [0.15, 0.2) is 42.5 Å². The van der Waals surface area contributed by atoms with Crippen molar-refractivity contribution in [2.45, 2.75) is 0 Å². The van der Waals surface area contributed by atoms with Gasteiger partial charge in [0.25, 0.3) is 5.91 Å². The molecule has 19 heavy (non-hydrogen) atoms. The number of anilines is 2. The van der Waals surface area contributed by atoms with Crippen molar-refractivity contribution >= 4 is 17.3 Å². The zero-order chi connectivity index (χ0) is 13.8. The number of para-hydroxylation sites is 1. The second-order valence-electron chi connectivity index (χ2n) is 3.92. The molecule has 4 heteroatoms. The van der Waals surface area contributed by atoms with Crippen LogP contribution in [0.25, 0.3) is 0 Å². The van der Waals surface area contributed by atoms with Gasteiger partial charge in [-0.1, -0.05) is 18.1 Å². The number of nitrogens with two attached hydrogens (primary N) is 1. The number of hydrogen-bond acceptors (Lipinski definition) is 3. The predicted octanol–water partition coefficient (Wildman–Crippen LogP) is 2.21. The van der Waals surface area contributed by atoms with E-state index in [1.165, 1.54) is 12.1 Å². The van der Waals surface area contributed by atoms with Gasteiger partial charge in [0.1, 0.15) is 0 Å². The Labute approximate surface area is 110 Å². The van der Waals surface area contributed by atoms with Crippen LogP contribution in [0.1, 0.15) is 15.9 Å². The molecule has 2 rings (SSSR count). The van der Waals surface area contributed by atoms with Gasteiger partial charge in [-0.05, 0) is 30.3 Å². The minimum Gasteiger partial charge on any atom is -0.505 e. The summed E-state index contributed by atoms with van der Waals surface area (Å²) in [6.07, 6.45) is 5.29. The lowest BCUT2D eigenvalue weighted by atomic mass is 10.1. The van der Waals surface area contributed by atoms with Gasteiger partial charge in [-0.15, -0.1) is 6.42 Å². The van der Waals surface area contributed by atoms with E-state index in [1.54, 1.807) is 30.3 Å². The van der Waals surface area contributed by atoms with Crippen LogP contribution in [0.4, 0.5) is 11.4 Å². The third-order valence-corrected chi connectivity index (χ3v) is 2.60. The average Bonchev–Trinajstić information content (AvgIpc) is 2.42. The van der Waals surface area contributed by atoms with Crippen molar-refractivity contribution in [3.8, 4) is 18.1 Å². The van der Waals surface area contributed by atoms with E-state index in [0.29, 0.717) is 11.3 Å². The monoisotopic (exact) mass is 252 g/mol. The fourth-order valence-corrected chi connectivity index (χ4v) is 1.63. The molecule has 0 aliphatic carbocycles. The van der Waals surface area contributed by atoms with E-state index in [0.717, 1.165) is 0 Å². The maximum atomic E-state index is 12.0. The molecule has 0 radical (unpaired) electrons. The van der Waals surface area contributed by atoms with Gasteiger partial charge in [0.05, 0.1) is 11.3 Å². The summed E-state index contributed by atoms with van der Waals surface area (Å²) in [5.74, 6) is 1.81. The van der Waals surface area contributed by atoms with Gasteiger partial charge in [-0.25, -0.2) is 0 Å². The number of terminal acetylenes is 1. The molecule has 94 valence electrons. The summed E-state index contributed by atoms with van der Waals surface area (Å²) in [4.78, 5) is 12.0. The number of hydrogen-bond donors (Lipinski definition) is 3. The fraction of sp³-hybridized carbons (Fsp3) is 0. The van der Waals surface area contributed by atoms with E-state index >= 15 is 0 Å². The Morgan fingerprint density at radius 3 is 2.74 bits per heavy atom. The van der Waals surface area contributed by atoms with Gasteiger partial charge in [0.15, 0.2) is 5.75 Å². The van der Waals surface area contributed by atoms with Gasteiger partial charge in [0, 0.05) is 11.3 Å². The Morgan fingerprint density at radius 2 is 2.00 bits per heavy atom. The number of benzene rings is 2. The van der Waals surface area contributed by atoms with Gasteiger partial charge in [-0.3, -0.25) is 4.79 Å². The quantitative estimate of drug-likeness (QED) is 0.436. The summed E-state index contributed by atoms with van der Waals surface area (Å²) in [7, 11) is 0. The second kappa shape index (κ2) is 5.15. The second-order valence-corrected chi connectivity index (χ2v) is 3.92. The third kappa shape index (κ3) is 2.67. The molecule has 0 atom stereocenters. The SMILES string of the molecule is C#Cc1cccc(NC(=O)c2cccc(N)c2O)c1. The highest BCUT2D eigenvalue weighted by atomic mass is 16.3. The lowest BCUT2D eigenvalue weighted by Crippen LogP contribution is -2.12. The Hall–Kier alpha value is -2.93. The van der Waals surface area contributed by atoms with Gasteiger partial charge in [-0.2, -0.15) is 0 Å². The maximum absolute atomic E-state index is 12.0. The van der Waals surface area contributed by atoms with Crippen molar-refractivity contribution in [3.63, 3.8) is 0 Å². The summed E-state index contributed by atoms with van der Waals surface area (Å²) in [6.45, 7) is 0. The summed E-state index contributed by atoms with van der Waals surface area (Å²) >= 11 is 0. The molecule has 0 unspecified atom stereocenters. The van der Waals surface area contributed by atoms with E-state index in [4.69, 9.17) is 12.2 Å². The molecule has 0 saturated carbocycles. The highest BCUT2D eigenvalue weighted by Crippen LogP contribution is 2.25. The number of nitrogen functional groups attached to an aromatic ring is 1. The normalized spacial score (nSPS) is 9.63. The number of phenolic OH excluding ortho intramolecular Hbond substituents is 1. The lowest BCUT2D eigenvalue weighted by Gasteiger charge is -2.08. The van der Waals surface area contributed by atoms with Crippen molar-refractivity contribution in [2.24, 2.45) is 0 Å². The Kier molecular flexibility index (Phi) is 3.39. The highest BCUT2D eigenvalue weighted by molar-refractivity contribution is 6.07. The first-order chi connectivity index (χ1) is 9.11. The molecule has 0 aromatic heterocycles. The topological polar surface area (TPSA) is 75.4 Å². The zero-order valence-electron chi connectivity index (χ0n) is 10.1. The van der Waals surface area contributed by atoms with Crippen LogP contribution >= 0.6 is 0 Å². The Bertz CT molecular complexity index is 672. The largest absolute Gasteiger partial charge is 0.505 e. The number of rotatable bonds is 2. The number of amides is 1. The average molecular weight is 252 g/mol. The van der Waals surface area contributed by atoms with E-state index in [9.17, 15) is 9.90 Å². The van der Waals surface area contributed by atoms with E-state index in [-0.39, 0.29) is 17.0 Å². The van der Waals surface area contributed by atoms with Gasteiger partial charge < -0.3 is 16.2 Å². The minimum absolute atomic E-state index is 0.117. The molecule has 2 aromatic rings. The molecule has 0 heterocycles. The van der Waals surface area contributed by atoms with Gasteiger partial charge in [0.2, 0.25) is 0 Å². The van der Waals surface area contributed by atoms with Crippen LogP contribution in [0, 0.1) is 12.3 Å². The fourth-order valence-electron chi connectivity index (χ4n) is 1.63. The Balaban J connectivity index is 2.26. The van der Waals surface area contributed by atoms with Crippen molar-refractivity contribution in [2.75, 3.05) is 11.1 Å². The van der Waals surface area contributed by atoms with Crippen LogP contribution in [-0.4, -0.2) is 11.0 Å². The number of nitrogens with one attached hydrogen (secondary N) is 1. The molecule has 0 saturated heterocycles. The molecule has 0 bridgehead atoms. The number of carbonyl (C=O) groups excluding carboxylic acids is 1. The van der Waals surface area contributed by atoms with Crippen molar-refractivity contribution < 1.29 is 9.90 Å². The minimum atomic E-state index is -0.445. The number of aromatic hydroxyl groups is 1. The summed E-state index contributed by atoms with van der Waals surface area (Å²) in [5.41, 5.74) is 7.03. The van der Waals surface area contributed by atoms with Crippen molar-refractivity contribution in [1.82, 2.24) is 0 Å². The lowest BCUT2D eigenvalue weighted by molar-refractivity contribution is 0.102. The first kappa shape index (κ1) is 12.5. The highest BCUT2D eigenvalue weighted by Gasteiger charge is 2.13. The smallest absolute Gasteiger partial charge is 0.259 e. The molecule has 1 amide bonds. The molecule has 4 N–H and O–H groups in total. The van der Waals surface area contributed by atoms with Crippen molar-refractivity contribution in [1.29, 1.82) is 0 Å². The van der Waals surface area contributed by atoms with Crippen molar-refractivity contribution in [3.05, 3.63) is 53.6 Å². The Morgan fingerprint density at radius 1 is 1.26 bits per heavy atom. The van der Waals surface area contributed by atoms with Crippen LogP contribution in [0.2, 0.25) is 0 Å². The molecule has 0 aliphatic rings. The first-order valence-corrected chi connectivity index (χ1v) is 5.57. The molecular weight excluding hydrogens is 240 g/mol. The molecule has 4 nitrogen and oxygen atoms in total. The summed E-state index contributed by atoms with van der Waals surface area (Å²) in [5, 5.41) is 12.4. The first-order valence-electron chi connectivity index (χ1n) is 5.57. The molecule has 2 aromatic carbocycles. The maximum Gasteiger partial charge on any atom is 0.259 e. The van der Waals surface area contributed by atoms with Crippen LogP contribution in [-0.2, 0) is 0 Å². The summed E-state index contributed by atoms with van der Waals surface area (Å²) < 4.78 is 0. The van der Waals surface area contributed by atoms with Crippen LogP contribution in [0.3, 0.4) is 0 Å². The molecular formula is C15H12N2O2. The summed E-state index contributed by atoms with van der Waals surface area (Å²) in [6, 6.07) is 11.5. The number of phenols is 1. The van der Waals surface area contributed by atoms with E-state index in [2.05, 4.69) is 11.2 Å². The van der Waals surface area contributed by atoms with E-state index < -0.39 is 5.91 Å². The number of carbonyl (C=O) groups is 1. The van der Waals surface area contributed by atoms with Crippen LogP contribution < -0.4 is 11.1 Å². The standard InChI is InChI=1S/C15H12N2O2/c1-2-10-5-3-6-11(9-10)17-15(19)12-7-4-8-13(16)14(12)18/h1,3-9,18H,16H2,(H,17,19). The zero-order valence-corrected chi connectivity index (χ0v) is 10.1. The molecule has 0 fully saturated rings.